The topological polar surface area (TPSA) is 25.2 Å². The van der Waals surface area contributed by atoms with Gasteiger partial charge in [0.05, 0.1) is 22.0 Å². The van der Waals surface area contributed by atoms with E-state index >= 15 is 0 Å². The third-order valence-electron chi connectivity index (χ3n) is 3.04. The van der Waals surface area contributed by atoms with E-state index in [2.05, 4.69) is 9.98 Å². The Morgan fingerprint density at radius 3 is 2.52 bits per heavy atom. The highest BCUT2D eigenvalue weighted by molar-refractivity contribution is 6.32. The Hall–Kier alpha value is -1.95. The summed E-state index contributed by atoms with van der Waals surface area (Å²) < 4.78 is 50.7. The van der Waals surface area contributed by atoms with Gasteiger partial charge in [0.25, 0.3) is 0 Å². The van der Waals surface area contributed by atoms with Gasteiger partial charge in [-0.15, -0.1) is 0 Å². The number of pyridine rings is 1. The van der Waals surface area contributed by atoms with Gasteiger partial charge in [-0.1, -0.05) is 23.7 Å². The fourth-order valence-electron chi connectivity index (χ4n) is 1.98. The molecule has 3 rings (SSSR count). The second kappa shape index (κ2) is 4.80. The minimum Gasteiger partial charge on any atom is -0.270 e. The molecule has 0 spiro atoms. The Kier molecular flexibility index (Phi) is 3.20. The summed E-state index contributed by atoms with van der Waals surface area (Å²) in [7, 11) is 0. The smallest absolute Gasteiger partial charge is 0.270 e. The molecule has 21 heavy (non-hydrogen) atoms. The number of hydrogen-bond acceptors (Lipinski definition) is 2. The molecule has 2 aromatic rings. The van der Waals surface area contributed by atoms with E-state index in [0.717, 1.165) is 12.3 Å². The Labute approximate surface area is 122 Å². The largest absolute Gasteiger partial charge is 0.417 e. The Morgan fingerprint density at radius 2 is 1.90 bits per heavy atom. The minimum absolute atomic E-state index is 0.107. The number of hydrogen-bond donors (Lipinski definition) is 0. The molecule has 108 valence electrons. The van der Waals surface area contributed by atoms with Crippen LogP contribution in [0.1, 0.15) is 22.9 Å². The van der Waals surface area contributed by atoms with Gasteiger partial charge < -0.3 is 0 Å². The maximum Gasteiger partial charge on any atom is 0.417 e. The number of benzene rings is 1. The van der Waals surface area contributed by atoms with Crippen molar-refractivity contribution in [2.45, 2.75) is 12.2 Å². The fourth-order valence-corrected chi connectivity index (χ4v) is 2.25. The van der Waals surface area contributed by atoms with Gasteiger partial charge in [-0.05, 0) is 18.2 Å². The number of rotatable bonds is 2. The van der Waals surface area contributed by atoms with Crippen molar-refractivity contribution in [1.29, 1.82) is 0 Å². The zero-order chi connectivity index (χ0) is 15.2. The van der Waals surface area contributed by atoms with E-state index in [-0.39, 0.29) is 10.7 Å². The van der Waals surface area contributed by atoms with Crippen LogP contribution in [-0.4, -0.2) is 10.7 Å². The van der Waals surface area contributed by atoms with Crippen molar-refractivity contribution < 1.29 is 17.6 Å². The van der Waals surface area contributed by atoms with E-state index in [1.54, 1.807) is 6.07 Å². The van der Waals surface area contributed by atoms with Gasteiger partial charge in [-0.3, -0.25) is 9.98 Å². The molecule has 1 aliphatic heterocycles. The summed E-state index contributed by atoms with van der Waals surface area (Å²) in [4.78, 5) is 7.86. The third-order valence-corrected chi connectivity index (χ3v) is 3.34. The summed E-state index contributed by atoms with van der Waals surface area (Å²) in [6.45, 7) is 0. The summed E-state index contributed by atoms with van der Waals surface area (Å²) in [6.07, 6.45) is -3.77. The molecule has 0 saturated carbocycles. The number of aromatic nitrogens is 1. The first-order chi connectivity index (χ1) is 9.86. The third kappa shape index (κ3) is 2.76. The zero-order valence-electron chi connectivity index (χ0n) is 10.3. The maximum atomic E-state index is 13.1. The Balaban J connectivity index is 1.85. The van der Waals surface area contributed by atoms with E-state index in [1.165, 1.54) is 18.2 Å². The van der Waals surface area contributed by atoms with Gasteiger partial charge >= 0.3 is 6.18 Å². The molecule has 0 amide bonds. The van der Waals surface area contributed by atoms with Crippen LogP contribution in [0.5, 0.6) is 0 Å². The van der Waals surface area contributed by atoms with Crippen molar-refractivity contribution in [3.8, 4) is 0 Å². The van der Waals surface area contributed by atoms with Gasteiger partial charge in [0.15, 0.2) is 0 Å². The first kappa shape index (κ1) is 14.0. The standard InChI is InChI=1S/C14H7ClF4N2/c15-10-5-8(14(17,18)19)6-20-12(10)13-11(21-13)7-2-1-3-9(16)4-7/h1-6,13H/t13-/m0/s1. The molecule has 0 saturated heterocycles. The molecule has 1 aromatic carbocycles. The second-order valence-electron chi connectivity index (χ2n) is 4.52. The van der Waals surface area contributed by atoms with Crippen LogP contribution in [0.4, 0.5) is 17.6 Å². The predicted molar refractivity (Wildman–Crippen MR) is 69.9 cm³/mol. The van der Waals surface area contributed by atoms with E-state index in [9.17, 15) is 17.6 Å². The predicted octanol–water partition coefficient (Wildman–Crippen LogP) is 4.44. The molecule has 1 atom stereocenters. The Morgan fingerprint density at radius 1 is 1.14 bits per heavy atom. The molecule has 0 fully saturated rings. The van der Waals surface area contributed by atoms with Crippen molar-refractivity contribution in [2.24, 2.45) is 4.99 Å². The van der Waals surface area contributed by atoms with Crippen molar-refractivity contribution in [2.75, 3.05) is 0 Å². The molecule has 1 aliphatic rings. The number of aliphatic imine (C=N–C) groups is 1. The molecular weight excluding hydrogens is 308 g/mol. The highest BCUT2D eigenvalue weighted by atomic mass is 35.5. The van der Waals surface area contributed by atoms with Crippen LogP contribution in [0, 0.1) is 5.82 Å². The molecule has 2 nitrogen and oxygen atoms in total. The highest BCUT2D eigenvalue weighted by Gasteiger charge is 2.36. The number of nitrogens with zero attached hydrogens (tertiary/aromatic N) is 2. The minimum atomic E-state index is -4.50. The maximum absolute atomic E-state index is 13.1. The van der Waals surface area contributed by atoms with Gasteiger partial charge in [0.2, 0.25) is 0 Å². The number of alkyl halides is 3. The molecule has 7 heteroatoms. The molecule has 0 bridgehead atoms. The molecule has 0 unspecified atom stereocenters. The van der Waals surface area contributed by atoms with Crippen LogP contribution in [-0.2, 0) is 6.18 Å². The van der Waals surface area contributed by atoms with E-state index in [4.69, 9.17) is 11.6 Å². The van der Waals surface area contributed by atoms with Crippen molar-refractivity contribution >= 4 is 17.3 Å². The van der Waals surface area contributed by atoms with Crippen molar-refractivity contribution in [3.05, 3.63) is 64.2 Å². The molecule has 0 radical (unpaired) electrons. The van der Waals surface area contributed by atoms with Crippen LogP contribution in [0.15, 0.2) is 41.5 Å². The van der Waals surface area contributed by atoms with E-state index < -0.39 is 23.6 Å². The van der Waals surface area contributed by atoms with E-state index in [0.29, 0.717) is 11.3 Å². The lowest BCUT2D eigenvalue weighted by Crippen LogP contribution is -2.07. The van der Waals surface area contributed by atoms with Crippen molar-refractivity contribution in [1.82, 2.24) is 4.98 Å². The molecule has 0 N–H and O–H groups in total. The summed E-state index contributed by atoms with van der Waals surface area (Å²) in [5.74, 6) is -0.410. The average molecular weight is 315 g/mol. The van der Waals surface area contributed by atoms with Gasteiger partial charge in [0, 0.05) is 11.8 Å². The summed E-state index contributed by atoms with van der Waals surface area (Å²) in [6, 6.07) is 6.11. The van der Waals surface area contributed by atoms with Crippen LogP contribution >= 0.6 is 11.6 Å². The van der Waals surface area contributed by atoms with Crippen LogP contribution in [0.3, 0.4) is 0 Å². The normalized spacial score (nSPS) is 17.6. The summed E-state index contributed by atoms with van der Waals surface area (Å²) in [5.41, 5.74) is 0.453. The fraction of sp³-hybridized carbons (Fsp3) is 0.143. The first-order valence-corrected chi connectivity index (χ1v) is 6.30. The molecule has 2 heterocycles. The quantitative estimate of drug-likeness (QED) is 0.752. The monoisotopic (exact) mass is 314 g/mol. The molecular formula is C14H7ClF4N2. The first-order valence-electron chi connectivity index (χ1n) is 5.92. The average Bonchev–Trinajstić information content (AvgIpc) is 3.17. The number of halogens is 5. The van der Waals surface area contributed by atoms with Crippen molar-refractivity contribution in [3.63, 3.8) is 0 Å². The summed E-state index contributed by atoms with van der Waals surface area (Å²) in [5, 5.41) is -0.107. The lowest BCUT2D eigenvalue weighted by molar-refractivity contribution is -0.137. The highest BCUT2D eigenvalue weighted by Crippen LogP contribution is 2.39. The van der Waals surface area contributed by atoms with Gasteiger partial charge in [-0.25, -0.2) is 4.39 Å². The van der Waals surface area contributed by atoms with Crippen LogP contribution in [0.25, 0.3) is 0 Å². The SMILES string of the molecule is Fc1cccc(C2=N[C@@H]2c2ncc(C(F)(F)F)cc2Cl)c1. The second-order valence-corrected chi connectivity index (χ2v) is 4.92. The van der Waals surface area contributed by atoms with E-state index in [1.807, 2.05) is 0 Å². The molecule has 0 aliphatic carbocycles. The van der Waals surface area contributed by atoms with Gasteiger partial charge in [-0.2, -0.15) is 13.2 Å². The molecule has 1 aromatic heterocycles. The lowest BCUT2D eigenvalue weighted by Gasteiger charge is -2.08. The zero-order valence-corrected chi connectivity index (χ0v) is 11.1. The lowest BCUT2D eigenvalue weighted by atomic mass is 10.1. The van der Waals surface area contributed by atoms with Gasteiger partial charge in [0.1, 0.15) is 11.9 Å². The van der Waals surface area contributed by atoms with Crippen LogP contribution in [0.2, 0.25) is 5.02 Å². The Bertz CT molecular complexity index is 740. The van der Waals surface area contributed by atoms with Crippen LogP contribution < -0.4 is 0 Å². The summed E-state index contributed by atoms with van der Waals surface area (Å²) >= 11 is 5.84.